The molecule has 0 atom stereocenters. The van der Waals surface area contributed by atoms with Crippen LogP contribution >= 0.6 is 0 Å². The van der Waals surface area contributed by atoms with E-state index in [0.717, 1.165) is 34.0 Å². The predicted octanol–water partition coefficient (Wildman–Crippen LogP) is 2.67. The van der Waals surface area contributed by atoms with Crippen molar-refractivity contribution in [3.63, 3.8) is 0 Å². The number of pyridine rings is 2. The molecular weight excluding hydrogens is 503 g/mol. The maximum atomic E-state index is 10.3. The summed E-state index contributed by atoms with van der Waals surface area (Å²) in [6.45, 7) is 0. The monoisotopic (exact) mass is 519 g/mol. The van der Waals surface area contributed by atoms with E-state index in [1.165, 1.54) is 14.2 Å². The number of rotatable bonds is 2. The van der Waals surface area contributed by atoms with Crippen LogP contribution in [0, 0.1) is 0 Å². The summed E-state index contributed by atoms with van der Waals surface area (Å²) in [4.78, 5) is 29.3. The topological polar surface area (TPSA) is 78.4 Å². The molecule has 3 rings (SSSR count). The second-order valence-electron chi connectivity index (χ2n) is 4.60. The number of nitrogens with zero attached hydrogens (tertiary/aromatic N) is 2. The van der Waals surface area contributed by atoms with Crippen LogP contribution in [-0.2, 0) is 40.1 Å². The number of fused-ring (bicyclic) bond motifs is 3. The number of benzene rings is 1. The van der Waals surface area contributed by atoms with Gasteiger partial charge in [-0.3, -0.25) is 9.97 Å². The van der Waals surface area contributed by atoms with E-state index < -0.39 is 11.9 Å². The fourth-order valence-corrected chi connectivity index (χ4v) is 1.95. The molecule has 0 fully saturated rings. The smallest absolute Gasteiger partial charge is 0.330 e. The number of carbonyl (C=O) groups excluding carboxylic acids is 2. The third kappa shape index (κ3) is 5.76. The third-order valence-electron chi connectivity index (χ3n) is 3.10. The van der Waals surface area contributed by atoms with E-state index in [4.69, 9.17) is 0 Å². The molecule has 7 heteroatoms. The zero-order valence-electron chi connectivity index (χ0n) is 13.6. The first-order valence-electron chi connectivity index (χ1n) is 7.08. The fraction of sp³-hybridized carbons (Fsp3) is 0.111. The number of esters is 2. The maximum Gasteiger partial charge on any atom is 0.330 e. The van der Waals surface area contributed by atoms with Crippen LogP contribution in [0.5, 0.6) is 0 Å². The van der Waals surface area contributed by atoms with Crippen molar-refractivity contribution in [1.82, 2.24) is 9.97 Å². The zero-order valence-corrected chi connectivity index (χ0v) is 15.9. The standard InChI is InChI=1S/C12H8N2.C6H8O4.Pt/c1-3-9-5-6-10-4-2-8-14-12(10)11(9)13-7-1;1-9-5(7)3-4-6(8)10-2;/h1-8H;3-4H,1-2H3;/b;4-3+;. The molecule has 0 bridgehead atoms. The fourth-order valence-electron chi connectivity index (χ4n) is 1.95. The molecule has 0 amide bonds. The minimum Gasteiger partial charge on any atom is -0.466 e. The number of carbonyl (C=O) groups is 2. The molecule has 0 aliphatic rings. The first kappa shape index (κ1) is 20.5. The molecule has 2 heterocycles. The van der Waals surface area contributed by atoms with Gasteiger partial charge in [-0.2, -0.15) is 0 Å². The Hall–Kier alpha value is -2.59. The van der Waals surface area contributed by atoms with Gasteiger partial charge in [-0.25, -0.2) is 9.59 Å². The first-order chi connectivity index (χ1) is 11.7. The predicted molar refractivity (Wildman–Crippen MR) is 90.2 cm³/mol. The summed E-state index contributed by atoms with van der Waals surface area (Å²) in [6, 6.07) is 12.1. The maximum absolute atomic E-state index is 10.3. The van der Waals surface area contributed by atoms with Crippen molar-refractivity contribution < 1.29 is 40.1 Å². The number of methoxy groups -OCH3 is 2. The first-order valence-corrected chi connectivity index (χ1v) is 7.08. The molecule has 3 aromatic rings. The molecular formula is C18H16N2O4Pt. The molecule has 0 saturated heterocycles. The van der Waals surface area contributed by atoms with Crippen LogP contribution in [0.3, 0.4) is 0 Å². The van der Waals surface area contributed by atoms with Crippen LogP contribution in [0.4, 0.5) is 0 Å². The van der Waals surface area contributed by atoms with E-state index in [1.807, 2.05) is 12.1 Å². The Morgan fingerprint density at radius 2 is 1.20 bits per heavy atom. The van der Waals surface area contributed by atoms with Crippen molar-refractivity contribution in [1.29, 1.82) is 0 Å². The van der Waals surface area contributed by atoms with Gasteiger partial charge in [-0.1, -0.05) is 24.3 Å². The normalized spacial score (nSPS) is 9.84. The van der Waals surface area contributed by atoms with Crippen molar-refractivity contribution in [2.45, 2.75) is 0 Å². The molecule has 2 aromatic heterocycles. The quantitative estimate of drug-likeness (QED) is 0.295. The van der Waals surface area contributed by atoms with Gasteiger partial charge in [-0.05, 0) is 12.1 Å². The molecule has 132 valence electrons. The van der Waals surface area contributed by atoms with Crippen LogP contribution in [0.1, 0.15) is 0 Å². The van der Waals surface area contributed by atoms with Crippen LogP contribution in [0.15, 0.2) is 60.9 Å². The molecule has 0 aliphatic heterocycles. The summed E-state index contributed by atoms with van der Waals surface area (Å²) in [5, 5.41) is 2.28. The average molecular weight is 519 g/mol. The van der Waals surface area contributed by atoms with Crippen LogP contribution in [0.25, 0.3) is 21.8 Å². The van der Waals surface area contributed by atoms with Crippen molar-refractivity contribution in [3.05, 3.63) is 60.9 Å². The van der Waals surface area contributed by atoms with Gasteiger partial charge in [0.25, 0.3) is 0 Å². The van der Waals surface area contributed by atoms with Gasteiger partial charge >= 0.3 is 11.9 Å². The number of ether oxygens (including phenoxy) is 2. The van der Waals surface area contributed by atoms with Crippen molar-refractivity contribution in [2.75, 3.05) is 14.2 Å². The summed E-state index contributed by atoms with van der Waals surface area (Å²) in [5.74, 6) is -1.16. The molecule has 0 saturated carbocycles. The summed E-state index contributed by atoms with van der Waals surface area (Å²) in [6.07, 6.45) is 5.59. The Balaban J connectivity index is 0.000000257. The average Bonchev–Trinajstić information content (AvgIpc) is 2.66. The van der Waals surface area contributed by atoms with Gasteiger partial charge < -0.3 is 9.47 Å². The second-order valence-corrected chi connectivity index (χ2v) is 4.60. The van der Waals surface area contributed by atoms with E-state index in [2.05, 4.69) is 43.7 Å². The Labute approximate surface area is 159 Å². The van der Waals surface area contributed by atoms with E-state index >= 15 is 0 Å². The second kappa shape index (κ2) is 10.3. The number of aromatic nitrogens is 2. The van der Waals surface area contributed by atoms with E-state index in [1.54, 1.807) is 12.4 Å². The van der Waals surface area contributed by atoms with Gasteiger partial charge in [0.2, 0.25) is 0 Å². The van der Waals surface area contributed by atoms with E-state index in [-0.39, 0.29) is 21.1 Å². The summed E-state index contributed by atoms with van der Waals surface area (Å²) in [7, 11) is 2.45. The zero-order chi connectivity index (χ0) is 17.4. The molecule has 25 heavy (non-hydrogen) atoms. The molecule has 0 radical (unpaired) electrons. The molecule has 1 aromatic carbocycles. The van der Waals surface area contributed by atoms with Crippen LogP contribution < -0.4 is 0 Å². The van der Waals surface area contributed by atoms with Crippen molar-refractivity contribution in [3.8, 4) is 0 Å². The van der Waals surface area contributed by atoms with Crippen LogP contribution in [0.2, 0.25) is 0 Å². The third-order valence-corrected chi connectivity index (χ3v) is 3.10. The molecule has 0 unspecified atom stereocenters. The Morgan fingerprint density at radius 3 is 1.56 bits per heavy atom. The molecule has 0 N–H and O–H groups in total. The van der Waals surface area contributed by atoms with Gasteiger partial charge in [0, 0.05) is 56.4 Å². The summed E-state index contributed by atoms with van der Waals surface area (Å²) in [5.41, 5.74) is 1.95. The minimum absolute atomic E-state index is 0. The Morgan fingerprint density at radius 1 is 0.800 bits per heavy atom. The van der Waals surface area contributed by atoms with Gasteiger partial charge in [0.05, 0.1) is 25.3 Å². The SMILES string of the molecule is COC(=O)/C=C/C(=O)OC.[Pt].c1cnc2c(c1)ccc1cccnc12. The van der Waals surface area contributed by atoms with E-state index in [9.17, 15) is 9.59 Å². The van der Waals surface area contributed by atoms with Crippen LogP contribution in [-0.4, -0.2) is 36.1 Å². The van der Waals surface area contributed by atoms with Crippen molar-refractivity contribution >= 4 is 33.7 Å². The molecule has 0 aliphatic carbocycles. The number of hydrogen-bond donors (Lipinski definition) is 0. The number of hydrogen-bond acceptors (Lipinski definition) is 6. The Kier molecular flexibility index (Phi) is 8.43. The van der Waals surface area contributed by atoms with Crippen molar-refractivity contribution in [2.24, 2.45) is 0 Å². The summed E-state index contributed by atoms with van der Waals surface area (Å²) >= 11 is 0. The Bertz CT molecular complexity index is 824. The van der Waals surface area contributed by atoms with Gasteiger partial charge in [-0.15, -0.1) is 0 Å². The van der Waals surface area contributed by atoms with Gasteiger partial charge in [0.15, 0.2) is 0 Å². The van der Waals surface area contributed by atoms with Gasteiger partial charge in [0.1, 0.15) is 0 Å². The molecule has 0 spiro atoms. The van der Waals surface area contributed by atoms with E-state index in [0.29, 0.717) is 0 Å². The summed E-state index contributed by atoms with van der Waals surface area (Å²) < 4.78 is 8.42. The molecule has 6 nitrogen and oxygen atoms in total. The minimum atomic E-state index is -0.578. The largest absolute Gasteiger partial charge is 0.466 e.